The number of nitrogens with zero attached hydrogens (tertiary/aromatic N) is 3. The van der Waals surface area contributed by atoms with E-state index in [1.54, 1.807) is 6.20 Å². The van der Waals surface area contributed by atoms with Gasteiger partial charge in [0.25, 0.3) is 0 Å². The van der Waals surface area contributed by atoms with Crippen molar-refractivity contribution in [3.8, 4) is 0 Å². The smallest absolute Gasteiger partial charge is 0.227 e. The first-order chi connectivity index (χ1) is 11.3. The van der Waals surface area contributed by atoms with E-state index in [4.69, 9.17) is 10.5 Å². The van der Waals surface area contributed by atoms with E-state index in [-0.39, 0.29) is 36.6 Å². The van der Waals surface area contributed by atoms with Crippen LogP contribution in [0.4, 0.5) is 5.69 Å². The lowest BCUT2D eigenvalue weighted by Gasteiger charge is -2.26. The maximum Gasteiger partial charge on any atom is 0.227 e. The Kier molecular flexibility index (Phi) is 9.74. The third-order valence-electron chi connectivity index (χ3n) is 4.95. The van der Waals surface area contributed by atoms with Crippen molar-refractivity contribution in [1.82, 2.24) is 14.7 Å². The molecule has 3 N–H and O–H groups in total. The number of halogens is 2. The minimum absolute atomic E-state index is 0. The van der Waals surface area contributed by atoms with Gasteiger partial charge in [0, 0.05) is 31.7 Å². The molecule has 0 bridgehead atoms. The second-order valence-electron chi connectivity index (χ2n) is 6.47. The maximum atomic E-state index is 12.4. The van der Waals surface area contributed by atoms with Gasteiger partial charge in [0.1, 0.15) is 0 Å². The van der Waals surface area contributed by atoms with Gasteiger partial charge in [-0.1, -0.05) is 6.42 Å². The fourth-order valence-corrected chi connectivity index (χ4v) is 3.52. The molecule has 1 aliphatic heterocycles. The van der Waals surface area contributed by atoms with Gasteiger partial charge in [-0.15, -0.1) is 24.8 Å². The highest BCUT2D eigenvalue weighted by Gasteiger charge is 2.32. The first-order valence-corrected chi connectivity index (χ1v) is 8.60. The molecule has 2 heterocycles. The van der Waals surface area contributed by atoms with Gasteiger partial charge < -0.3 is 15.8 Å². The zero-order valence-electron chi connectivity index (χ0n) is 14.4. The van der Waals surface area contributed by atoms with Gasteiger partial charge in [-0.3, -0.25) is 14.4 Å². The molecule has 1 saturated carbocycles. The lowest BCUT2D eigenvalue weighted by molar-refractivity contribution is -0.120. The third-order valence-corrected chi connectivity index (χ3v) is 4.95. The molecule has 3 rings (SSSR count). The molecular weight excluding hydrogens is 365 g/mol. The number of carbonyl (C=O) groups excluding carboxylic acids is 1. The number of hydrogen-bond donors (Lipinski definition) is 2. The summed E-state index contributed by atoms with van der Waals surface area (Å²) in [5.41, 5.74) is 6.54. The van der Waals surface area contributed by atoms with Crippen LogP contribution in [0.15, 0.2) is 12.4 Å². The van der Waals surface area contributed by atoms with Crippen molar-refractivity contribution in [2.24, 2.45) is 17.6 Å². The first kappa shape index (κ1) is 22.2. The zero-order valence-corrected chi connectivity index (χ0v) is 16.1. The summed E-state index contributed by atoms with van der Waals surface area (Å²) in [6.45, 7) is 5.95. The SMILES string of the molecule is Cl.Cl.NC[C@H]1CCC[C@H]1C(=O)Nc1cnn(CCN2CCOCC2)c1. The summed E-state index contributed by atoms with van der Waals surface area (Å²) in [5.74, 6) is 0.466. The molecule has 0 unspecified atom stereocenters. The van der Waals surface area contributed by atoms with Crippen molar-refractivity contribution >= 4 is 36.4 Å². The highest BCUT2D eigenvalue weighted by molar-refractivity contribution is 5.92. The van der Waals surface area contributed by atoms with Crippen molar-refractivity contribution in [3.63, 3.8) is 0 Å². The molecule has 1 aromatic heterocycles. The van der Waals surface area contributed by atoms with Crippen LogP contribution in [-0.2, 0) is 16.1 Å². The molecular formula is C16H29Cl2N5O2. The fourth-order valence-electron chi connectivity index (χ4n) is 3.52. The normalized spacial score (nSPS) is 23.6. The van der Waals surface area contributed by atoms with E-state index in [0.717, 1.165) is 64.3 Å². The molecule has 0 radical (unpaired) electrons. The number of ether oxygens (including phenoxy) is 1. The molecule has 1 amide bonds. The van der Waals surface area contributed by atoms with Crippen LogP contribution in [0.25, 0.3) is 0 Å². The van der Waals surface area contributed by atoms with Gasteiger partial charge in [0.2, 0.25) is 5.91 Å². The quantitative estimate of drug-likeness (QED) is 0.761. The van der Waals surface area contributed by atoms with Gasteiger partial charge in [0.15, 0.2) is 0 Å². The van der Waals surface area contributed by atoms with Gasteiger partial charge in [-0.05, 0) is 25.3 Å². The molecule has 0 aromatic carbocycles. The molecule has 1 saturated heterocycles. The fraction of sp³-hybridized carbons (Fsp3) is 0.750. The Hall–Kier alpha value is -0.860. The second-order valence-corrected chi connectivity index (χ2v) is 6.47. The topological polar surface area (TPSA) is 85.4 Å². The number of rotatable bonds is 6. The third kappa shape index (κ3) is 6.11. The van der Waals surface area contributed by atoms with E-state index in [0.29, 0.717) is 12.5 Å². The Bertz CT molecular complexity index is 522. The number of amides is 1. The van der Waals surface area contributed by atoms with Crippen LogP contribution in [0.5, 0.6) is 0 Å². The second kappa shape index (κ2) is 11.0. The summed E-state index contributed by atoms with van der Waals surface area (Å²) in [7, 11) is 0. The molecule has 9 heteroatoms. The number of nitrogens with two attached hydrogens (primary N) is 1. The predicted octanol–water partition coefficient (Wildman–Crippen LogP) is 1.37. The lowest BCUT2D eigenvalue weighted by atomic mass is 9.95. The van der Waals surface area contributed by atoms with Crippen LogP contribution in [0.1, 0.15) is 19.3 Å². The number of nitrogens with one attached hydrogen (secondary N) is 1. The van der Waals surface area contributed by atoms with Crippen LogP contribution in [-0.4, -0.2) is 60.0 Å². The minimum Gasteiger partial charge on any atom is -0.379 e. The number of hydrogen-bond acceptors (Lipinski definition) is 5. The summed E-state index contributed by atoms with van der Waals surface area (Å²) in [4.78, 5) is 14.7. The van der Waals surface area contributed by atoms with E-state index in [1.165, 1.54) is 0 Å². The first-order valence-electron chi connectivity index (χ1n) is 8.60. The predicted molar refractivity (Wildman–Crippen MR) is 102 cm³/mol. The van der Waals surface area contributed by atoms with Crippen LogP contribution < -0.4 is 11.1 Å². The summed E-state index contributed by atoms with van der Waals surface area (Å²) < 4.78 is 7.23. The van der Waals surface area contributed by atoms with Crippen LogP contribution >= 0.6 is 24.8 Å². The van der Waals surface area contributed by atoms with Crippen molar-refractivity contribution in [1.29, 1.82) is 0 Å². The summed E-state index contributed by atoms with van der Waals surface area (Å²) >= 11 is 0. The molecule has 0 spiro atoms. The van der Waals surface area contributed by atoms with Crippen LogP contribution in [0.3, 0.4) is 0 Å². The van der Waals surface area contributed by atoms with Crippen molar-refractivity contribution in [2.45, 2.75) is 25.8 Å². The highest BCUT2D eigenvalue weighted by atomic mass is 35.5. The van der Waals surface area contributed by atoms with Crippen molar-refractivity contribution < 1.29 is 9.53 Å². The summed E-state index contributed by atoms with van der Waals surface area (Å²) in [5, 5.41) is 7.33. The van der Waals surface area contributed by atoms with Gasteiger partial charge in [-0.2, -0.15) is 5.10 Å². The molecule has 1 aromatic rings. The Morgan fingerprint density at radius 2 is 2.04 bits per heavy atom. The number of carbonyl (C=O) groups is 1. The number of anilines is 1. The van der Waals surface area contributed by atoms with Gasteiger partial charge in [-0.25, -0.2) is 0 Å². The molecule has 2 fully saturated rings. The molecule has 2 aliphatic rings. The van der Waals surface area contributed by atoms with E-state index >= 15 is 0 Å². The Labute approximate surface area is 161 Å². The minimum atomic E-state index is 0. The van der Waals surface area contributed by atoms with Crippen molar-refractivity contribution in [3.05, 3.63) is 12.4 Å². The molecule has 144 valence electrons. The maximum absolute atomic E-state index is 12.4. The van der Waals surface area contributed by atoms with Gasteiger partial charge >= 0.3 is 0 Å². The Morgan fingerprint density at radius 1 is 1.28 bits per heavy atom. The van der Waals surface area contributed by atoms with Gasteiger partial charge in [0.05, 0.1) is 31.6 Å². The number of morpholine rings is 1. The molecule has 2 atom stereocenters. The van der Waals surface area contributed by atoms with E-state index in [1.807, 2.05) is 10.9 Å². The molecule has 25 heavy (non-hydrogen) atoms. The average Bonchev–Trinajstić information content (AvgIpc) is 3.22. The zero-order chi connectivity index (χ0) is 16.1. The summed E-state index contributed by atoms with van der Waals surface area (Å²) in [6.07, 6.45) is 6.74. The Balaban J connectivity index is 0.00000156. The van der Waals surface area contributed by atoms with E-state index in [9.17, 15) is 4.79 Å². The standard InChI is InChI=1S/C16H27N5O2.2ClH/c17-10-13-2-1-3-15(13)16(22)19-14-11-18-21(12-14)5-4-20-6-8-23-9-7-20;;/h11-13,15H,1-10,17H2,(H,19,22);2*1H/t13-,15-;;/m1../s1. The lowest BCUT2D eigenvalue weighted by Crippen LogP contribution is -2.38. The monoisotopic (exact) mass is 393 g/mol. The van der Waals surface area contributed by atoms with E-state index < -0.39 is 0 Å². The highest BCUT2D eigenvalue weighted by Crippen LogP contribution is 2.31. The van der Waals surface area contributed by atoms with Crippen LogP contribution in [0.2, 0.25) is 0 Å². The summed E-state index contributed by atoms with van der Waals surface area (Å²) in [6, 6.07) is 0. The largest absolute Gasteiger partial charge is 0.379 e. The molecule has 1 aliphatic carbocycles. The molecule has 7 nitrogen and oxygen atoms in total. The average molecular weight is 394 g/mol. The Morgan fingerprint density at radius 3 is 2.76 bits per heavy atom. The van der Waals surface area contributed by atoms with Crippen molar-refractivity contribution in [2.75, 3.05) is 44.7 Å². The number of aromatic nitrogens is 2. The van der Waals surface area contributed by atoms with Crippen LogP contribution in [0, 0.1) is 11.8 Å². The van der Waals surface area contributed by atoms with E-state index in [2.05, 4.69) is 15.3 Å².